The first-order valence-electron chi connectivity index (χ1n) is 9.36. The fourth-order valence-electron chi connectivity index (χ4n) is 2.34. The van der Waals surface area contributed by atoms with Crippen molar-refractivity contribution in [3.8, 4) is 17.2 Å². The molecule has 0 aliphatic heterocycles. The normalized spacial score (nSPS) is 12.8. The molecule has 1 N–H and O–H groups in total. The van der Waals surface area contributed by atoms with Crippen molar-refractivity contribution in [3.63, 3.8) is 0 Å². The van der Waals surface area contributed by atoms with Crippen LogP contribution in [-0.2, 0) is 20.6 Å². The molecule has 7 heteroatoms. The van der Waals surface area contributed by atoms with Crippen molar-refractivity contribution in [2.75, 3.05) is 6.61 Å². The molecule has 0 saturated heterocycles. The van der Waals surface area contributed by atoms with Gasteiger partial charge in [0, 0.05) is 0 Å². The number of carbonyl (C=O) groups is 1. The summed E-state index contributed by atoms with van der Waals surface area (Å²) in [6.45, 7) is 4.37. The zero-order valence-electron chi connectivity index (χ0n) is 16.1. The molecule has 0 spiro atoms. The number of ether oxygens (including phenoxy) is 2. The number of rotatable bonds is 11. The monoisotopic (exact) mass is 406 g/mol. The third kappa shape index (κ3) is 6.88. The Labute approximate surface area is 168 Å². The summed E-state index contributed by atoms with van der Waals surface area (Å²) < 4.78 is 28.6. The van der Waals surface area contributed by atoms with Gasteiger partial charge in [0.15, 0.2) is 6.10 Å². The van der Waals surface area contributed by atoms with E-state index in [1.807, 2.05) is 6.92 Å². The summed E-state index contributed by atoms with van der Waals surface area (Å²) >= 11 is -1.70. The number of phenolic OH excluding ortho intramolecular Hbond substituents is 1. The van der Waals surface area contributed by atoms with E-state index < -0.39 is 17.2 Å². The number of phenols is 1. The van der Waals surface area contributed by atoms with Crippen molar-refractivity contribution in [1.82, 2.24) is 0 Å². The average Bonchev–Trinajstić information content (AvgIpc) is 2.71. The van der Waals surface area contributed by atoms with E-state index in [9.17, 15) is 14.1 Å². The van der Waals surface area contributed by atoms with Gasteiger partial charge in [-0.3, -0.25) is 0 Å². The average molecular weight is 407 g/mol. The van der Waals surface area contributed by atoms with Gasteiger partial charge in [0.05, 0.1) is 11.5 Å². The Hall–Kier alpha value is -2.54. The first kappa shape index (κ1) is 21.8. The summed E-state index contributed by atoms with van der Waals surface area (Å²) in [4.78, 5) is 12.6. The molecule has 28 heavy (non-hydrogen) atoms. The molecule has 2 aromatic carbocycles. The maximum atomic E-state index is 12.2. The summed E-state index contributed by atoms with van der Waals surface area (Å²) in [5.41, 5.74) is 0. The van der Waals surface area contributed by atoms with Crippen molar-refractivity contribution in [2.45, 2.75) is 50.5 Å². The lowest BCUT2D eigenvalue weighted by atomic mass is 10.1. The first-order valence-corrected chi connectivity index (χ1v) is 10.4. The molecule has 2 rings (SSSR count). The lowest BCUT2D eigenvalue weighted by Gasteiger charge is -2.18. The second-order valence-corrected chi connectivity index (χ2v) is 7.31. The number of carbonyl (C=O) groups excluding carboxylic acids is 1. The Morgan fingerprint density at radius 3 is 2.25 bits per heavy atom. The number of benzene rings is 2. The van der Waals surface area contributed by atoms with Gasteiger partial charge in [-0.2, -0.15) is 0 Å². The van der Waals surface area contributed by atoms with Gasteiger partial charge in [0.25, 0.3) is 0 Å². The lowest BCUT2D eigenvalue weighted by Crippen LogP contribution is -2.29. The van der Waals surface area contributed by atoms with Crippen LogP contribution in [0.1, 0.15) is 39.5 Å². The third-order valence-electron chi connectivity index (χ3n) is 3.83. The van der Waals surface area contributed by atoms with Gasteiger partial charge in [-0.25, -0.2) is 9.00 Å². The van der Waals surface area contributed by atoms with Gasteiger partial charge in [0.1, 0.15) is 17.2 Å². The Balaban J connectivity index is 1.98. The molecular formula is C21H26O6S. The molecular weight excluding hydrogens is 380 g/mol. The zero-order chi connectivity index (χ0) is 20.4. The largest absolute Gasteiger partial charge is 0.508 e. The van der Waals surface area contributed by atoms with E-state index in [1.165, 1.54) is 24.3 Å². The molecule has 0 aromatic heterocycles. The van der Waals surface area contributed by atoms with E-state index in [0.717, 1.165) is 19.3 Å². The highest BCUT2D eigenvalue weighted by Gasteiger charge is 2.21. The van der Waals surface area contributed by atoms with Crippen LogP contribution in [0.15, 0.2) is 53.4 Å². The van der Waals surface area contributed by atoms with Crippen LogP contribution in [0.2, 0.25) is 0 Å². The van der Waals surface area contributed by atoms with Crippen LogP contribution in [0.25, 0.3) is 0 Å². The van der Waals surface area contributed by atoms with Crippen LogP contribution in [0.5, 0.6) is 17.2 Å². The standard InChI is InChI=1S/C21H26O6S/c1-3-5-6-20(21(23)25-15-4-2)26-17-9-11-18(12-10-17)27-28(24)19-13-7-16(22)8-14-19/h7-14,20,22H,3-6,15H2,1-2H3. The summed E-state index contributed by atoms with van der Waals surface area (Å²) in [7, 11) is 0. The van der Waals surface area contributed by atoms with E-state index in [-0.39, 0.29) is 11.7 Å². The van der Waals surface area contributed by atoms with E-state index >= 15 is 0 Å². The Kier molecular flexibility index (Phi) is 8.81. The summed E-state index contributed by atoms with van der Waals surface area (Å²) in [5, 5.41) is 9.28. The third-order valence-corrected chi connectivity index (χ3v) is 4.84. The summed E-state index contributed by atoms with van der Waals surface area (Å²) in [6, 6.07) is 12.5. The Morgan fingerprint density at radius 1 is 1.00 bits per heavy atom. The second kappa shape index (κ2) is 11.3. The van der Waals surface area contributed by atoms with E-state index in [0.29, 0.717) is 29.4 Å². The molecule has 152 valence electrons. The number of hydrogen-bond acceptors (Lipinski definition) is 6. The van der Waals surface area contributed by atoms with Crippen molar-refractivity contribution in [2.24, 2.45) is 0 Å². The predicted octanol–water partition coefficient (Wildman–Crippen LogP) is 4.38. The molecule has 0 fully saturated rings. The van der Waals surface area contributed by atoms with E-state index in [2.05, 4.69) is 6.92 Å². The van der Waals surface area contributed by atoms with Gasteiger partial charge in [-0.15, -0.1) is 0 Å². The zero-order valence-corrected chi connectivity index (χ0v) is 16.9. The predicted molar refractivity (Wildman–Crippen MR) is 107 cm³/mol. The van der Waals surface area contributed by atoms with Gasteiger partial charge in [-0.1, -0.05) is 20.3 Å². The Bertz CT molecular complexity index is 757. The molecule has 6 nitrogen and oxygen atoms in total. The highest BCUT2D eigenvalue weighted by Crippen LogP contribution is 2.23. The SMILES string of the molecule is CCCCC(Oc1ccc(OS(=O)c2ccc(O)cc2)cc1)C(=O)OCCC. The minimum Gasteiger partial charge on any atom is -0.508 e. The quantitative estimate of drug-likeness (QED) is 0.558. The van der Waals surface area contributed by atoms with Crippen molar-refractivity contribution in [1.29, 1.82) is 0 Å². The van der Waals surface area contributed by atoms with Crippen LogP contribution in [-0.4, -0.2) is 28.0 Å². The number of aromatic hydroxyl groups is 1. The molecule has 0 bridgehead atoms. The maximum Gasteiger partial charge on any atom is 0.347 e. The minimum absolute atomic E-state index is 0.0948. The lowest BCUT2D eigenvalue weighted by molar-refractivity contribution is -0.152. The molecule has 0 aliphatic rings. The fraction of sp³-hybridized carbons (Fsp3) is 0.381. The van der Waals surface area contributed by atoms with Crippen LogP contribution < -0.4 is 8.92 Å². The van der Waals surface area contributed by atoms with E-state index in [1.54, 1.807) is 24.3 Å². The van der Waals surface area contributed by atoms with Crippen LogP contribution in [0, 0.1) is 0 Å². The first-order chi connectivity index (χ1) is 13.5. The fourth-order valence-corrected chi connectivity index (χ4v) is 3.08. The smallest absolute Gasteiger partial charge is 0.347 e. The summed E-state index contributed by atoms with van der Waals surface area (Å²) in [5.74, 6) is 0.649. The molecule has 0 amide bonds. The highest BCUT2D eigenvalue weighted by atomic mass is 32.2. The van der Waals surface area contributed by atoms with Gasteiger partial charge in [-0.05, 0) is 67.8 Å². The number of hydrogen-bond donors (Lipinski definition) is 1. The molecule has 2 aromatic rings. The topological polar surface area (TPSA) is 82.1 Å². The second-order valence-electron chi connectivity index (χ2n) is 6.20. The van der Waals surface area contributed by atoms with Crippen molar-refractivity contribution >= 4 is 17.0 Å². The van der Waals surface area contributed by atoms with Crippen LogP contribution >= 0.6 is 0 Å². The van der Waals surface area contributed by atoms with E-state index in [4.69, 9.17) is 13.7 Å². The molecule has 0 aliphatic carbocycles. The number of unbranched alkanes of at least 4 members (excludes halogenated alkanes) is 1. The molecule has 2 atom stereocenters. The van der Waals surface area contributed by atoms with Gasteiger partial charge < -0.3 is 18.8 Å². The molecule has 0 saturated carbocycles. The van der Waals surface area contributed by atoms with Gasteiger partial charge in [0.2, 0.25) is 11.1 Å². The van der Waals surface area contributed by atoms with Crippen LogP contribution in [0.3, 0.4) is 0 Å². The van der Waals surface area contributed by atoms with Crippen molar-refractivity contribution in [3.05, 3.63) is 48.5 Å². The molecule has 0 radical (unpaired) electrons. The number of esters is 1. The van der Waals surface area contributed by atoms with Gasteiger partial charge >= 0.3 is 5.97 Å². The van der Waals surface area contributed by atoms with Crippen molar-refractivity contribution < 1.29 is 27.8 Å². The Morgan fingerprint density at radius 2 is 1.64 bits per heavy atom. The summed E-state index contributed by atoms with van der Waals surface area (Å²) in [6.07, 6.45) is 2.51. The maximum absolute atomic E-state index is 12.2. The molecule has 2 unspecified atom stereocenters. The minimum atomic E-state index is -1.70. The highest BCUT2D eigenvalue weighted by molar-refractivity contribution is 7.80. The van der Waals surface area contributed by atoms with Crippen LogP contribution in [0.4, 0.5) is 0 Å². The molecule has 0 heterocycles.